The minimum Gasteiger partial charge on any atom is -0.337 e. The number of piperidine rings is 1. The summed E-state index contributed by atoms with van der Waals surface area (Å²) in [5.41, 5.74) is 2.33. The van der Waals surface area contributed by atoms with E-state index in [1.165, 1.54) is 0 Å². The Bertz CT molecular complexity index is 960. The summed E-state index contributed by atoms with van der Waals surface area (Å²) >= 11 is 0. The van der Waals surface area contributed by atoms with Gasteiger partial charge < -0.3 is 19.8 Å². The Labute approximate surface area is 163 Å². The molecule has 1 fully saturated rings. The molecule has 8 heteroatoms. The van der Waals surface area contributed by atoms with Gasteiger partial charge in [-0.15, -0.1) is 0 Å². The van der Waals surface area contributed by atoms with Crippen molar-refractivity contribution in [1.82, 2.24) is 29.7 Å². The van der Waals surface area contributed by atoms with Crippen LogP contribution in [0, 0.1) is 6.92 Å². The van der Waals surface area contributed by atoms with Crippen LogP contribution < -0.4 is 10.9 Å². The molecule has 2 aromatic heterocycles. The third-order valence-corrected chi connectivity index (χ3v) is 6.63. The van der Waals surface area contributed by atoms with E-state index in [1.807, 2.05) is 18.0 Å². The highest BCUT2D eigenvalue weighted by Crippen LogP contribution is 2.44. The highest BCUT2D eigenvalue weighted by atomic mass is 16.2. The van der Waals surface area contributed by atoms with Crippen molar-refractivity contribution in [1.29, 1.82) is 0 Å². The summed E-state index contributed by atoms with van der Waals surface area (Å²) in [6.07, 6.45) is 6.22. The van der Waals surface area contributed by atoms with Gasteiger partial charge in [0.15, 0.2) is 0 Å². The van der Waals surface area contributed by atoms with Gasteiger partial charge in [0.1, 0.15) is 17.3 Å². The predicted octanol–water partition coefficient (Wildman–Crippen LogP) is 0.541. The molecule has 1 aliphatic carbocycles. The molecule has 8 nitrogen and oxygen atoms in total. The number of aromatic nitrogens is 4. The van der Waals surface area contributed by atoms with Crippen molar-refractivity contribution in [3.05, 3.63) is 45.2 Å². The van der Waals surface area contributed by atoms with Crippen LogP contribution in [0.3, 0.4) is 0 Å². The van der Waals surface area contributed by atoms with Crippen molar-refractivity contribution in [3.8, 4) is 0 Å². The molecule has 2 aromatic rings. The maximum absolute atomic E-state index is 13.0. The lowest BCUT2D eigenvalue weighted by molar-refractivity contribution is 0.0657. The van der Waals surface area contributed by atoms with Crippen LogP contribution in [0.2, 0.25) is 0 Å². The number of carbonyl (C=O) groups excluding carboxylic acids is 1. The van der Waals surface area contributed by atoms with E-state index in [4.69, 9.17) is 4.98 Å². The monoisotopic (exact) mass is 382 g/mol. The summed E-state index contributed by atoms with van der Waals surface area (Å²) in [7, 11) is 0. The second kappa shape index (κ2) is 6.55. The van der Waals surface area contributed by atoms with E-state index in [0.717, 1.165) is 68.8 Å². The summed E-state index contributed by atoms with van der Waals surface area (Å²) in [6.45, 7) is 5.89. The molecule has 1 amide bonds. The van der Waals surface area contributed by atoms with Crippen LogP contribution in [-0.4, -0.2) is 56.5 Å². The molecule has 0 atom stereocenters. The Kier molecular flexibility index (Phi) is 4.12. The smallest absolute Gasteiger partial charge is 0.274 e. The van der Waals surface area contributed by atoms with Crippen LogP contribution in [0.1, 0.15) is 52.7 Å². The molecule has 1 spiro atoms. The van der Waals surface area contributed by atoms with Crippen molar-refractivity contribution < 1.29 is 4.79 Å². The van der Waals surface area contributed by atoms with Gasteiger partial charge in [0.2, 0.25) is 0 Å². The second-order valence-electron chi connectivity index (χ2n) is 8.29. The molecule has 5 rings (SSSR count). The van der Waals surface area contributed by atoms with Crippen molar-refractivity contribution in [2.24, 2.45) is 0 Å². The summed E-state index contributed by atoms with van der Waals surface area (Å²) in [4.78, 5) is 39.3. The molecule has 28 heavy (non-hydrogen) atoms. The number of aryl methyl sites for hydroxylation is 1. The average molecular weight is 382 g/mol. The first-order valence-electron chi connectivity index (χ1n) is 10.2. The number of H-pyrrole nitrogens is 1. The summed E-state index contributed by atoms with van der Waals surface area (Å²) in [6, 6.07) is 0. The minimum atomic E-state index is -0.0534. The van der Waals surface area contributed by atoms with Gasteiger partial charge in [0, 0.05) is 56.3 Å². The molecule has 0 unspecified atom stereocenters. The van der Waals surface area contributed by atoms with Crippen LogP contribution in [0.4, 0.5) is 0 Å². The molecule has 1 saturated heterocycles. The van der Waals surface area contributed by atoms with Gasteiger partial charge in [-0.25, -0.2) is 9.97 Å². The molecule has 0 saturated carbocycles. The number of aromatic amines is 1. The first-order valence-corrected chi connectivity index (χ1v) is 10.2. The molecule has 0 aromatic carbocycles. The summed E-state index contributed by atoms with van der Waals surface area (Å²) in [5, 5.41) is 3.35. The quantitative estimate of drug-likeness (QED) is 0.751. The van der Waals surface area contributed by atoms with Gasteiger partial charge in [-0.1, -0.05) is 0 Å². The molecule has 3 aliphatic rings. The maximum Gasteiger partial charge on any atom is 0.274 e. The van der Waals surface area contributed by atoms with E-state index < -0.39 is 0 Å². The van der Waals surface area contributed by atoms with Crippen LogP contribution in [-0.2, 0) is 24.8 Å². The first kappa shape index (κ1) is 17.6. The van der Waals surface area contributed by atoms with Crippen molar-refractivity contribution in [3.63, 3.8) is 0 Å². The SMILES string of the molecule is Cc1nc2c(c(=O)[nH]1)CCC21CCN(C(=O)c2cn3c(n2)CCNCC3)CC1. The number of fused-ring (bicyclic) bond motifs is 3. The number of rotatable bonds is 1. The van der Waals surface area contributed by atoms with Crippen molar-refractivity contribution >= 4 is 5.91 Å². The van der Waals surface area contributed by atoms with Gasteiger partial charge in [0.05, 0.1) is 5.69 Å². The molecule has 4 heterocycles. The zero-order valence-corrected chi connectivity index (χ0v) is 16.3. The number of carbonyl (C=O) groups is 1. The van der Waals surface area contributed by atoms with Crippen LogP contribution in [0.5, 0.6) is 0 Å². The van der Waals surface area contributed by atoms with E-state index in [9.17, 15) is 9.59 Å². The van der Waals surface area contributed by atoms with Crippen LogP contribution in [0.25, 0.3) is 0 Å². The number of hydrogen-bond donors (Lipinski definition) is 2. The molecule has 0 bridgehead atoms. The molecule has 0 radical (unpaired) electrons. The molecular weight excluding hydrogens is 356 g/mol. The standard InChI is InChI=1S/C20H26N6O2/c1-13-22-17-14(18(27)23-13)2-4-20(17)5-9-25(10-6-20)19(28)15-12-26-11-8-21-7-3-16(26)24-15/h12,21H,2-11H2,1H3,(H,22,23,27). The summed E-state index contributed by atoms with van der Waals surface area (Å²) < 4.78 is 2.10. The fourth-order valence-electron chi connectivity index (χ4n) is 5.03. The number of likely N-dealkylation sites (tertiary alicyclic amines) is 1. The van der Waals surface area contributed by atoms with Crippen LogP contribution in [0.15, 0.2) is 11.0 Å². The largest absolute Gasteiger partial charge is 0.337 e. The zero-order chi connectivity index (χ0) is 19.3. The van der Waals surface area contributed by atoms with Gasteiger partial charge in [-0.2, -0.15) is 0 Å². The van der Waals surface area contributed by atoms with Gasteiger partial charge in [-0.3, -0.25) is 9.59 Å². The second-order valence-corrected chi connectivity index (χ2v) is 8.29. The Morgan fingerprint density at radius 1 is 1.11 bits per heavy atom. The van der Waals surface area contributed by atoms with E-state index in [1.54, 1.807) is 0 Å². The van der Waals surface area contributed by atoms with Crippen LogP contribution >= 0.6 is 0 Å². The Morgan fingerprint density at radius 2 is 1.93 bits per heavy atom. The highest BCUT2D eigenvalue weighted by molar-refractivity contribution is 5.92. The number of amides is 1. The van der Waals surface area contributed by atoms with E-state index in [-0.39, 0.29) is 16.9 Å². The highest BCUT2D eigenvalue weighted by Gasteiger charge is 2.44. The topological polar surface area (TPSA) is 95.9 Å². The van der Waals surface area contributed by atoms with E-state index in [2.05, 4.69) is 19.9 Å². The Balaban J connectivity index is 1.33. The fourth-order valence-corrected chi connectivity index (χ4v) is 5.03. The summed E-state index contributed by atoms with van der Waals surface area (Å²) in [5.74, 6) is 1.69. The van der Waals surface area contributed by atoms with Gasteiger partial charge in [0.25, 0.3) is 11.5 Å². The molecule has 148 valence electrons. The molecule has 2 N–H and O–H groups in total. The first-order chi connectivity index (χ1) is 13.6. The minimum absolute atomic E-state index is 0.00637. The Hall–Kier alpha value is -2.48. The lowest BCUT2D eigenvalue weighted by atomic mass is 9.76. The third-order valence-electron chi connectivity index (χ3n) is 6.63. The van der Waals surface area contributed by atoms with Crippen molar-refractivity contribution in [2.75, 3.05) is 26.2 Å². The average Bonchev–Trinajstić information content (AvgIpc) is 3.17. The number of hydrogen-bond acceptors (Lipinski definition) is 5. The van der Waals surface area contributed by atoms with E-state index >= 15 is 0 Å². The maximum atomic E-state index is 13.0. The van der Waals surface area contributed by atoms with E-state index in [0.29, 0.717) is 24.6 Å². The lowest BCUT2D eigenvalue weighted by Gasteiger charge is -2.39. The number of nitrogens with zero attached hydrogens (tertiary/aromatic N) is 4. The van der Waals surface area contributed by atoms with Gasteiger partial charge >= 0.3 is 0 Å². The lowest BCUT2D eigenvalue weighted by Crippen LogP contribution is -2.45. The number of imidazole rings is 1. The van der Waals surface area contributed by atoms with Crippen molar-refractivity contribution in [2.45, 2.75) is 51.0 Å². The third kappa shape index (κ3) is 2.78. The predicted molar refractivity (Wildman–Crippen MR) is 104 cm³/mol. The zero-order valence-electron chi connectivity index (χ0n) is 16.3. The fraction of sp³-hybridized carbons (Fsp3) is 0.600. The number of nitrogens with one attached hydrogen (secondary N) is 2. The molecule has 2 aliphatic heterocycles. The molecular formula is C20H26N6O2. The Morgan fingerprint density at radius 3 is 2.75 bits per heavy atom. The normalized spacial score (nSPS) is 20.7. The van der Waals surface area contributed by atoms with Gasteiger partial charge in [-0.05, 0) is 32.6 Å².